The maximum Gasteiger partial charge on any atom is 0.245 e. The van der Waals surface area contributed by atoms with Gasteiger partial charge in [-0.1, -0.05) is 0 Å². The highest BCUT2D eigenvalue weighted by molar-refractivity contribution is 7.92. The van der Waals surface area contributed by atoms with Crippen LogP contribution in [0, 0.1) is 0 Å². The van der Waals surface area contributed by atoms with Gasteiger partial charge in [0.25, 0.3) is 0 Å². The molecule has 3 rings (SSSR count). The predicted octanol–water partition coefficient (Wildman–Crippen LogP) is 1.35. The van der Waals surface area contributed by atoms with E-state index in [4.69, 9.17) is 4.74 Å². The van der Waals surface area contributed by atoms with E-state index in [0.29, 0.717) is 43.2 Å². The number of amides is 2. The largest absolute Gasteiger partial charge is 0.495 e. The third-order valence-electron chi connectivity index (χ3n) is 5.34. The molecule has 0 aromatic heterocycles. The second kappa shape index (κ2) is 8.67. The lowest BCUT2D eigenvalue weighted by Gasteiger charge is -2.34. The zero-order chi connectivity index (χ0) is 19.7. The Bertz CT molecular complexity index is 853. The lowest BCUT2D eigenvalue weighted by molar-refractivity contribution is -0.119. The van der Waals surface area contributed by atoms with Crippen LogP contribution < -0.4 is 20.3 Å². The van der Waals surface area contributed by atoms with Gasteiger partial charge in [-0.25, -0.2) is 8.42 Å². The average Bonchev–Trinajstić information content (AvgIpc) is 3.07. The summed E-state index contributed by atoms with van der Waals surface area (Å²) in [5, 5.41) is 5.84. The minimum atomic E-state index is -3.60. The van der Waals surface area contributed by atoms with E-state index in [2.05, 4.69) is 10.6 Å². The molecule has 10 heteroatoms. The highest BCUT2D eigenvalue weighted by atomic mass is 35.5. The Morgan fingerprint density at radius 3 is 2.50 bits per heavy atom. The fraction of sp³-hybridized carbons (Fsp3) is 0.556. The second-order valence-corrected chi connectivity index (χ2v) is 9.33. The summed E-state index contributed by atoms with van der Waals surface area (Å²) in [4.78, 5) is 26.7. The average molecular weight is 432 g/mol. The molecule has 2 amide bonds. The van der Waals surface area contributed by atoms with Crippen molar-refractivity contribution in [2.24, 2.45) is 0 Å². The Labute approximate surface area is 171 Å². The molecule has 0 bridgehead atoms. The Kier molecular flexibility index (Phi) is 6.95. The van der Waals surface area contributed by atoms with E-state index in [0.717, 1.165) is 12.7 Å². The molecule has 1 aromatic rings. The topological polar surface area (TPSA) is 105 Å². The summed E-state index contributed by atoms with van der Waals surface area (Å²) in [7, 11) is -2.08. The van der Waals surface area contributed by atoms with Crippen LogP contribution in [0.1, 0.15) is 25.7 Å². The van der Waals surface area contributed by atoms with Crippen molar-refractivity contribution in [3.05, 3.63) is 18.2 Å². The van der Waals surface area contributed by atoms with E-state index in [-0.39, 0.29) is 31.2 Å². The number of carbonyl (C=O) groups is 2. The van der Waals surface area contributed by atoms with Gasteiger partial charge >= 0.3 is 0 Å². The summed E-state index contributed by atoms with van der Waals surface area (Å²) in [5.74, 6) is 0.000967. The van der Waals surface area contributed by atoms with Crippen molar-refractivity contribution in [1.29, 1.82) is 0 Å². The SMILES string of the molecule is COc1ccc(NC(=O)C2(S(C)(=O)=O)CCNCC2)cc1N1CCCC1=O.Cl. The predicted molar refractivity (Wildman–Crippen MR) is 110 cm³/mol. The fourth-order valence-corrected chi connectivity index (χ4v) is 5.06. The number of methoxy groups -OCH3 is 1. The number of hydrogen-bond acceptors (Lipinski definition) is 6. The van der Waals surface area contributed by atoms with E-state index < -0.39 is 20.5 Å². The number of piperidine rings is 1. The van der Waals surface area contributed by atoms with Crippen LogP contribution in [0.25, 0.3) is 0 Å². The van der Waals surface area contributed by atoms with E-state index in [1.807, 2.05) is 0 Å². The minimum Gasteiger partial charge on any atom is -0.495 e. The lowest BCUT2D eigenvalue weighted by atomic mass is 9.95. The van der Waals surface area contributed by atoms with Crippen molar-refractivity contribution in [1.82, 2.24) is 5.32 Å². The third kappa shape index (κ3) is 4.11. The number of carbonyl (C=O) groups excluding carboxylic acids is 2. The quantitative estimate of drug-likeness (QED) is 0.729. The zero-order valence-corrected chi connectivity index (χ0v) is 17.6. The molecule has 0 saturated carbocycles. The highest BCUT2D eigenvalue weighted by Gasteiger charge is 2.48. The second-order valence-electron chi connectivity index (χ2n) is 7.01. The number of halogens is 1. The number of anilines is 2. The number of sulfone groups is 1. The van der Waals surface area contributed by atoms with Gasteiger partial charge in [-0.3, -0.25) is 9.59 Å². The molecule has 0 aliphatic carbocycles. The molecule has 0 spiro atoms. The van der Waals surface area contributed by atoms with Crippen molar-refractivity contribution in [3.8, 4) is 5.75 Å². The molecule has 156 valence electrons. The highest BCUT2D eigenvalue weighted by Crippen LogP contribution is 2.35. The van der Waals surface area contributed by atoms with Crippen LogP contribution in [0.3, 0.4) is 0 Å². The molecule has 2 fully saturated rings. The van der Waals surface area contributed by atoms with Gasteiger partial charge in [0.2, 0.25) is 11.8 Å². The smallest absolute Gasteiger partial charge is 0.245 e. The van der Waals surface area contributed by atoms with Gasteiger partial charge in [-0.05, 0) is 50.6 Å². The minimum absolute atomic E-state index is 0. The van der Waals surface area contributed by atoms with Crippen LogP contribution >= 0.6 is 12.4 Å². The summed E-state index contributed by atoms with van der Waals surface area (Å²) in [6.45, 7) is 1.53. The molecule has 8 nitrogen and oxygen atoms in total. The van der Waals surface area contributed by atoms with Crippen LogP contribution in [0.2, 0.25) is 0 Å². The number of hydrogen-bond donors (Lipinski definition) is 2. The van der Waals surface area contributed by atoms with Crippen molar-refractivity contribution >= 4 is 45.4 Å². The van der Waals surface area contributed by atoms with Gasteiger partial charge in [0.15, 0.2) is 14.6 Å². The van der Waals surface area contributed by atoms with Crippen molar-refractivity contribution in [2.75, 3.05) is 43.2 Å². The summed E-state index contributed by atoms with van der Waals surface area (Å²) in [5.41, 5.74) is 1.02. The molecular weight excluding hydrogens is 406 g/mol. The Morgan fingerprint density at radius 2 is 1.96 bits per heavy atom. The molecule has 0 unspecified atom stereocenters. The molecule has 2 aliphatic rings. The first-order valence-corrected chi connectivity index (χ1v) is 10.9. The van der Waals surface area contributed by atoms with E-state index >= 15 is 0 Å². The van der Waals surface area contributed by atoms with Crippen molar-refractivity contribution < 1.29 is 22.7 Å². The van der Waals surface area contributed by atoms with Gasteiger partial charge in [0.05, 0.1) is 12.8 Å². The Morgan fingerprint density at radius 1 is 1.29 bits per heavy atom. The third-order valence-corrected chi connectivity index (χ3v) is 7.35. The van der Waals surface area contributed by atoms with Gasteiger partial charge in [-0.15, -0.1) is 12.4 Å². The monoisotopic (exact) mass is 431 g/mol. The number of ether oxygens (including phenoxy) is 1. The van der Waals surface area contributed by atoms with E-state index in [1.165, 1.54) is 7.11 Å². The summed E-state index contributed by atoms with van der Waals surface area (Å²) >= 11 is 0. The van der Waals surface area contributed by atoms with Gasteiger partial charge < -0.3 is 20.3 Å². The van der Waals surface area contributed by atoms with Crippen LogP contribution in [0.4, 0.5) is 11.4 Å². The zero-order valence-electron chi connectivity index (χ0n) is 16.0. The standard InChI is InChI=1S/C18H25N3O5S.ClH/c1-26-15-6-5-13(12-14(15)21-11-3-4-16(21)22)20-17(23)18(27(2,24)25)7-9-19-10-8-18;/h5-6,12,19H,3-4,7-11H2,1-2H3,(H,20,23);1H. The number of rotatable bonds is 5. The molecule has 1 aromatic carbocycles. The van der Waals surface area contributed by atoms with E-state index in [9.17, 15) is 18.0 Å². The van der Waals surface area contributed by atoms with Crippen LogP contribution in [0.15, 0.2) is 18.2 Å². The van der Waals surface area contributed by atoms with Gasteiger partial charge in [0.1, 0.15) is 5.75 Å². The molecule has 2 heterocycles. The molecular formula is C18H26ClN3O5S. The van der Waals surface area contributed by atoms with Gasteiger partial charge in [-0.2, -0.15) is 0 Å². The number of nitrogens with zero attached hydrogens (tertiary/aromatic N) is 1. The summed E-state index contributed by atoms with van der Waals surface area (Å²) in [6.07, 6.45) is 2.81. The summed E-state index contributed by atoms with van der Waals surface area (Å²) in [6, 6.07) is 4.99. The van der Waals surface area contributed by atoms with Crippen LogP contribution in [-0.4, -0.2) is 58.0 Å². The first kappa shape index (κ1) is 22.4. The Balaban J connectivity index is 0.00000280. The summed E-state index contributed by atoms with van der Waals surface area (Å²) < 4.78 is 28.7. The normalized spacial score (nSPS) is 19.1. The van der Waals surface area contributed by atoms with E-state index in [1.54, 1.807) is 23.1 Å². The number of benzene rings is 1. The van der Waals surface area contributed by atoms with Gasteiger partial charge in [0, 0.05) is 24.9 Å². The number of nitrogens with one attached hydrogen (secondary N) is 2. The first-order valence-electron chi connectivity index (χ1n) is 8.99. The Hall–Kier alpha value is -1.84. The van der Waals surface area contributed by atoms with Crippen molar-refractivity contribution in [2.45, 2.75) is 30.4 Å². The molecule has 2 saturated heterocycles. The fourth-order valence-electron chi connectivity index (χ4n) is 3.72. The van der Waals surface area contributed by atoms with Crippen LogP contribution in [-0.2, 0) is 19.4 Å². The molecule has 0 radical (unpaired) electrons. The maximum atomic E-state index is 13.0. The van der Waals surface area contributed by atoms with Crippen molar-refractivity contribution in [3.63, 3.8) is 0 Å². The maximum absolute atomic E-state index is 13.0. The lowest BCUT2D eigenvalue weighted by Crippen LogP contribution is -2.55. The molecule has 2 N–H and O–H groups in total. The molecule has 0 atom stereocenters. The van der Waals surface area contributed by atoms with Crippen LogP contribution in [0.5, 0.6) is 5.75 Å². The molecule has 28 heavy (non-hydrogen) atoms. The molecule has 2 aliphatic heterocycles. The first-order chi connectivity index (χ1) is 12.8.